The topological polar surface area (TPSA) is 116 Å². The molecule has 10 heteroatoms. The Morgan fingerprint density at radius 1 is 1.05 bits per heavy atom. The maximum atomic E-state index is 14.1. The van der Waals surface area contributed by atoms with Gasteiger partial charge in [-0.25, -0.2) is 4.79 Å². The number of aliphatic hydroxyl groups excluding tert-OH is 1. The number of nitrogens with zero attached hydrogens (tertiary/aromatic N) is 1. The van der Waals surface area contributed by atoms with Crippen molar-refractivity contribution in [1.82, 2.24) is 0 Å². The van der Waals surface area contributed by atoms with Gasteiger partial charge in [0.1, 0.15) is 12.2 Å². The van der Waals surface area contributed by atoms with Crippen molar-refractivity contribution in [2.45, 2.75) is 46.3 Å². The number of aliphatic hydroxyl groups is 1. The summed E-state index contributed by atoms with van der Waals surface area (Å²) in [6.07, 6.45) is -2.28. The van der Waals surface area contributed by atoms with E-state index in [9.17, 15) is 24.6 Å². The van der Waals surface area contributed by atoms with Crippen LogP contribution in [0.5, 0.6) is 0 Å². The number of hydrogen-bond donors (Lipinski definition) is 3. The van der Waals surface area contributed by atoms with E-state index in [4.69, 9.17) is 16.3 Å². The van der Waals surface area contributed by atoms with E-state index in [1.807, 2.05) is 45.9 Å². The Kier molecular flexibility index (Phi) is 11.2. The van der Waals surface area contributed by atoms with Gasteiger partial charge in [0.25, 0.3) is 5.91 Å². The fraction of sp³-hybridized carbons (Fsp3) is 0.323. The number of amides is 2. The van der Waals surface area contributed by atoms with Crippen molar-refractivity contribution in [3.63, 3.8) is 0 Å². The number of ether oxygens (including phenoxy) is 1. The number of nitrogens with one attached hydrogen (secondary N) is 1. The zero-order chi connectivity index (χ0) is 29.2. The number of carboxylic acids is 1. The van der Waals surface area contributed by atoms with E-state index in [0.717, 1.165) is 16.7 Å². The quantitative estimate of drug-likeness (QED) is 0.277. The standard InChI is InChI=1S/C31H33ClN2O6.Ac/c1-18-8-7-10-21(19(18)2)28-23-14-20(32)12-13-25(23)34(16-31(3,4)17-35)29(37)26(40-28)15-27(36)33-24-11-6-5-9-22(24)30(38)39;/h5-14,26,28,35H,15-17H2,1-4H3,(H,33,36)(H,38,39);/t26-,28-;/m1./s1. The van der Waals surface area contributed by atoms with Crippen molar-refractivity contribution in [1.29, 1.82) is 0 Å². The molecule has 0 spiro atoms. The summed E-state index contributed by atoms with van der Waals surface area (Å²) in [5.41, 5.74) is 3.51. The number of anilines is 2. The molecule has 0 bridgehead atoms. The van der Waals surface area contributed by atoms with Crippen LogP contribution < -0.4 is 10.2 Å². The van der Waals surface area contributed by atoms with Gasteiger partial charge in [0, 0.05) is 78.9 Å². The van der Waals surface area contributed by atoms with Gasteiger partial charge < -0.3 is 25.2 Å². The molecule has 1 aliphatic rings. The van der Waals surface area contributed by atoms with Crippen LogP contribution in [0.1, 0.15) is 59.0 Å². The van der Waals surface area contributed by atoms with Crippen LogP contribution in [0.3, 0.4) is 0 Å². The van der Waals surface area contributed by atoms with Crippen molar-refractivity contribution in [3.8, 4) is 0 Å². The van der Waals surface area contributed by atoms with Gasteiger partial charge in [-0.15, -0.1) is 0 Å². The average molecular weight is 792 g/mol. The molecule has 213 valence electrons. The molecule has 1 heterocycles. The second-order valence-electron chi connectivity index (χ2n) is 10.8. The number of aromatic carboxylic acids is 1. The molecule has 0 aliphatic carbocycles. The van der Waals surface area contributed by atoms with Gasteiger partial charge in [-0.3, -0.25) is 9.59 Å². The number of benzene rings is 3. The Hall–Kier alpha value is -2.28. The van der Waals surface area contributed by atoms with E-state index in [2.05, 4.69) is 5.32 Å². The Morgan fingerprint density at radius 2 is 1.76 bits per heavy atom. The minimum Gasteiger partial charge on any atom is -0.478 e. The van der Waals surface area contributed by atoms with Crippen molar-refractivity contribution in [3.05, 3.63) is 93.5 Å². The smallest absolute Gasteiger partial charge is 0.337 e. The number of carbonyl (C=O) groups is 3. The van der Waals surface area contributed by atoms with Gasteiger partial charge in [-0.1, -0.05) is 55.8 Å². The molecule has 8 nitrogen and oxygen atoms in total. The fourth-order valence-electron chi connectivity index (χ4n) is 4.79. The normalized spacial score (nSPS) is 16.8. The van der Waals surface area contributed by atoms with Crippen molar-refractivity contribution >= 4 is 40.8 Å². The molecule has 3 aromatic carbocycles. The SMILES string of the molecule is Cc1cccc([C@H]2O[C@H](CC(=O)Nc3ccccc3C(=O)O)C(=O)N(CC(C)(C)CO)c3ccc(Cl)cc32)c1C.[Ac]. The Labute approximate surface area is 280 Å². The maximum absolute atomic E-state index is 14.1. The fourth-order valence-corrected chi connectivity index (χ4v) is 4.97. The first-order valence-electron chi connectivity index (χ1n) is 13.0. The molecule has 3 N–H and O–H groups in total. The first-order valence-corrected chi connectivity index (χ1v) is 13.3. The van der Waals surface area contributed by atoms with Gasteiger partial charge in [0.05, 0.1) is 17.7 Å². The van der Waals surface area contributed by atoms with Gasteiger partial charge >= 0.3 is 5.97 Å². The van der Waals surface area contributed by atoms with Crippen LogP contribution in [0.4, 0.5) is 11.4 Å². The van der Waals surface area contributed by atoms with Crippen LogP contribution in [0, 0.1) is 63.3 Å². The molecule has 0 fully saturated rings. The zero-order valence-corrected chi connectivity index (χ0v) is 29.0. The van der Waals surface area contributed by atoms with E-state index in [-0.39, 0.29) is 74.9 Å². The minimum atomic E-state index is -1.21. The van der Waals surface area contributed by atoms with Crippen LogP contribution in [-0.4, -0.2) is 47.3 Å². The Morgan fingerprint density at radius 3 is 2.44 bits per heavy atom. The van der Waals surface area contributed by atoms with Crippen molar-refractivity contribution < 1.29 is 73.4 Å². The first kappa shape index (κ1) is 33.2. The van der Waals surface area contributed by atoms with Gasteiger partial charge in [0.15, 0.2) is 0 Å². The van der Waals surface area contributed by atoms with E-state index in [1.165, 1.54) is 12.1 Å². The molecule has 4 rings (SSSR count). The number of hydrogen-bond acceptors (Lipinski definition) is 5. The summed E-state index contributed by atoms with van der Waals surface area (Å²) in [5.74, 6) is -2.20. The number of halogens is 1. The van der Waals surface area contributed by atoms with Gasteiger partial charge in [-0.05, 0) is 60.9 Å². The van der Waals surface area contributed by atoms with Gasteiger partial charge in [0.2, 0.25) is 5.91 Å². The van der Waals surface area contributed by atoms with Crippen LogP contribution in [0.15, 0.2) is 60.7 Å². The van der Waals surface area contributed by atoms with Crippen LogP contribution in [0.2, 0.25) is 5.02 Å². The van der Waals surface area contributed by atoms with E-state index >= 15 is 0 Å². The molecule has 1 aliphatic heterocycles. The summed E-state index contributed by atoms with van der Waals surface area (Å²) in [4.78, 5) is 40.5. The number of aryl methyl sites for hydroxylation is 1. The summed E-state index contributed by atoms with van der Waals surface area (Å²) in [7, 11) is 0. The summed E-state index contributed by atoms with van der Waals surface area (Å²) < 4.78 is 6.50. The van der Waals surface area contributed by atoms with Crippen molar-refractivity contribution in [2.24, 2.45) is 5.41 Å². The Balaban J connectivity index is 0.00000462. The van der Waals surface area contributed by atoms with Crippen LogP contribution in [-0.2, 0) is 14.3 Å². The molecule has 0 saturated carbocycles. The monoisotopic (exact) mass is 791 g/mol. The second kappa shape index (κ2) is 13.8. The molecule has 2 atom stereocenters. The van der Waals surface area contributed by atoms with Crippen LogP contribution in [0.25, 0.3) is 0 Å². The molecule has 0 unspecified atom stereocenters. The van der Waals surface area contributed by atoms with E-state index in [0.29, 0.717) is 16.3 Å². The number of rotatable bonds is 8. The minimum absolute atomic E-state index is 0. The molecule has 0 saturated heterocycles. The van der Waals surface area contributed by atoms with Crippen molar-refractivity contribution in [2.75, 3.05) is 23.4 Å². The Bertz CT molecular complexity index is 1460. The third-order valence-corrected chi connectivity index (χ3v) is 7.39. The molecule has 0 aromatic heterocycles. The number of fused-ring (bicyclic) bond motifs is 1. The third-order valence-electron chi connectivity index (χ3n) is 7.15. The molecule has 3 aromatic rings. The average Bonchev–Trinajstić information content (AvgIpc) is 3.00. The number of carboxylic acid groups (broad SMARTS) is 1. The molecular formula is C31H33AcClN2O6. The summed E-state index contributed by atoms with van der Waals surface area (Å²) in [6, 6.07) is 17.1. The summed E-state index contributed by atoms with van der Waals surface area (Å²) in [6.45, 7) is 7.64. The first-order chi connectivity index (χ1) is 18.9. The molecular weight excluding hydrogens is 759 g/mol. The second-order valence-corrected chi connectivity index (χ2v) is 11.3. The number of carbonyl (C=O) groups excluding carboxylic acids is 2. The molecule has 2 amide bonds. The summed E-state index contributed by atoms with van der Waals surface area (Å²) in [5, 5.41) is 22.6. The zero-order valence-electron chi connectivity index (χ0n) is 23.5. The van der Waals surface area contributed by atoms with E-state index in [1.54, 1.807) is 35.2 Å². The molecule has 41 heavy (non-hydrogen) atoms. The maximum Gasteiger partial charge on any atom is 0.337 e. The van der Waals surface area contributed by atoms with Crippen LogP contribution >= 0.6 is 11.6 Å². The predicted octanol–water partition coefficient (Wildman–Crippen LogP) is 5.52. The molecule has 1 radical (unpaired) electrons. The number of para-hydroxylation sites is 1. The summed E-state index contributed by atoms with van der Waals surface area (Å²) >= 11 is 6.44. The third kappa shape index (κ3) is 7.57. The van der Waals surface area contributed by atoms with Gasteiger partial charge in [-0.2, -0.15) is 0 Å². The predicted molar refractivity (Wildman–Crippen MR) is 154 cm³/mol. The van der Waals surface area contributed by atoms with E-state index < -0.39 is 35.4 Å². The largest absolute Gasteiger partial charge is 0.478 e.